The summed E-state index contributed by atoms with van der Waals surface area (Å²) < 4.78 is 11.7. The van der Waals surface area contributed by atoms with Gasteiger partial charge in [0.25, 0.3) is 5.91 Å². The van der Waals surface area contributed by atoms with E-state index in [2.05, 4.69) is 26.8 Å². The van der Waals surface area contributed by atoms with Crippen LogP contribution in [0.3, 0.4) is 0 Å². The zero-order valence-corrected chi connectivity index (χ0v) is 15.9. The second-order valence-corrected chi connectivity index (χ2v) is 6.71. The molecule has 7 nitrogen and oxygen atoms in total. The average Bonchev–Trinajstić information content (AvgIpc) is 2.70. The van der Waals surface area contributed by atoms with Gasteiger partial charge in [0.2, 0.25) is 5.91 Å². The number of rotatable bonds is 5. The SMILES string of the molecule is O=C(CCC(=O)c1ccc(Br)cc1)NNC(=O)c1ccc2c(c1)OCCO2. The van der Waals surface area contributed by atoms with Crippen molar-refractivity contribution in [2.75, 3.05) is 13.2 Å². The summed E-state index contributed by atoms with van der Waals surface area (Å²) in [5.74, 6) is -0.0182. The lowest BCUT2D eigenvalue weighted by atomic mass is 10.1. The lowest BCUT2D eigenvalue weighted by molar-refractivity contribution is -0.121. The van der Waals surface area contributed by atoms with Gasteiger partial charge in [-0.2, -0.15) is 0 Å². The van der Waals surface area contributed by atoms with Gasteiger partial charge in [-0.25, -0.2) is 0 Å². The first-order valence-corrected chi connectivity index (χ1v) is 9.10. The highest BCUT2D eigenvalue weighted by atomic mass is 79.9. The van der Waals surface area contributed by atoms with Crippen LogP contribution in [0.4, 0.5) is 0 Å². The number of ether oxygens (including phenoxy) is 2. The quantitative estimate of drug-likeness (QED) is 0.559. The third-order valence-electron chi connectivity index (χ3n) is 3.87. The smallest absolute Gasteiger partial charge is 0.269 e. The number of ketones is 1. The first kappa shape index (κ1) is 18.9. The molecule has 0 radical (unpaired) electrons. The Balaban J connectivity index is 1.46. The molecule has 2 aromatic rings. The molecule has 0 fully saturated rings. The number of hydrogen-bond donors (Lipinski definition) is 2. The lowest BCUT2D eigenvalue weighted by Crippen LogP contribution is -2.41. The summed E-state index contributed by atoms with van der Waals surface area (Å²) in [5.41, 5.74) is 5.49. The zero-order valence-electron chi connectivity index (χ0n) is 14.3. The summed E-state index contributed by atoms with van der Waals surface area (Å²) in [5, 5.41) is 0. The Kier molecular flexibility index (Phi) is 6.08. The van der Waals surface area contributed by atoms with E-state index in [1.807, 2.05) is 0 Å². The number of amides is 2. The number of benzene rings is 2. The Labute approximate surface area is 164 Å². The van der Waals surface area contributed by atoms with Crippen LogP contribution >= 0.6 is 15.9 Å². The summed E-state index contributed by atoms with van der Waals surface area (Å²) in [6.45, 7) is 0.884. The summed E-state index contributed by atoms with van der Waals surface area (Å²) >= 11 is 3.30. The number of hydrogen-bond acceptors (Lipinski definition) is 5. The van der Waals surface area contributed by atoms with Gasteiger partial charge in [-0.1, -0.05) is 28.1 Å². The normalized spacial score (nSPS) is 12.2. The van der Waals surface area contributed by atoms with E-state index in [1.165, 1.54) is 0 Å². The first-order chi connectivity index (χ1) is 13.0. The molecule has 0 unspecified atom stereocenters. The van der Waals surface area contributed by atoms with Crippen LogP contribution in [0.5, 0.6) is 11.5 Å². The van der Waals surface area contributed by atoms with Crippen molar-refractivity contribution in [3.05, 3.63) is 58.1 Å². The molecular formula is C19H17BrN2O5. The minimum atomic E-state index is -0.487. The maximum Gasteiger partial charge on any atom is 0.269 e. The zero-order chi connectivity index (χ0) is 19.2. The van der Waals surface area contributed by atoms with Crippen LogP contribution in [0.1, 0.15) is 33.6 Å². The Morgan fingerprint density at radius 1 is 0.852 bits per heavy atom. The largest absolute Gasteiger partial charge is 0.486 e. The third kappa shape index (κ3) is 5.07. The van der Waals surface area contributed by atoms with Crippen LogP contribution in [0.15, 0.2) is 46.9 Å². The highest BCUT2D eigenvalue weighted by molar-refractivity contribution is 9.10. The lowest BCUT2D eigenvalue weighted by Gasteiger charge is -2.18. The van der Waals surface area contributed by atoms with E-state index in [4.69, 9.17) is 9.47 Å². The van der Waals surface area contributed by atoms with Crippen LogP contribution in [0.25, 0.3) is 0 Å². The summed E-state index contributed by atoms with van der Waals surface area (Å²) in [6.07, 6.45) is 0.0175. The molecule has 0 spiro atoms. The number of Topliss-reactive ketones (excluding diaryl/α,β-unsaturated/α-hetero) is 1. The van der Waals surface area contributed by atoms with Crippen molar-refractivity contribution in [2.45, 2.75) is 12.8 Å². The predicted octanol–water partition coefficient (Wildman–Crippen LogP) is 2.64. The monoisotopic (exact) mass is 432 g/mol. The molecule has 140 valence electrons. The maximum absolute atomic E-state index is 12.1. The molecule has 27 heavy (non-hydrogen) atoms. The Hall–Kier alpha value is -2.87. The molecule has 3 rings (SSSR count). The van der Waals surface area contributed by atoms with Crippen LogP contribution in [-0.4, -0.2) is 30.8 Å². The Morgan fingerprint density at radius 3 is 2.26 bits per heavy atom. The van der Waals surface area contributed by atoms with E-state index >= 15 is 0 Å². The molecule has 0 bridgehead atoms. The Bertz CT molecular complexity index is 867. The summed E-state index contributed by atoms with van der Waals surface area (Å²) in [7, 11) is 0. The second-order valence-electron chi connectivity index (χ2n) is 5.79. The fourth-order valence-electron chi connectivity index (χ4n) is 2.45. The number of nitrogens with one attached hydrogen (secondary N) is 2. The van der Waals surface area contributed by atoms with Crippen molar-refractivity contribution >= 4 is 33.5 Å². The molecule has 2 amide bonds. The first-order valence-electron chi connectivity index (χ1n) is 8.30. The van der Waals surface area contributed by atoms with Crippen LogP contribution in [0.2, 0.25) is 0 Å². The van der Waals surface area contributed by atoms with Gasteiger partial charge in [0, 0.05) is 28.4 Å². The molecule has 0 atom stereocenters. The van der Waals surface area contributed by atoms with Gasteiger partial charge in [0.1, 0.15) is 13.2 Å². The van der Waals surface area contributed by atoms with E-state index in [9.17, 15) is 14.4 Å². The predicted molar refractivity (Wildman–Crippen MR) is 101 cm³/mol. The number of hydrazine groups is 1. The van der Waals surface area contributed by atoms with Gasteiger partial charge in [0.15, 0.2) is 17.3 Å². The summed E-state index contributed by atoms with van der Waals surface area (Å²) in [6, 6.07) is 11.7. The topological polar surface area (TPSA) is 93.7 Å². The molecular weight excluding hydrogens is 416 g/mol. The van der Waals surface area contributed by atoms with Crippen molar-refractivity contribution in [1.82, 2.24) is 10.9 Å². The highest BCUT2D eigenvalue weighted by Gasteiger charge is 2.15. The number of carbonyl (C=O) groups is 3. The fourth-order valence-corrected chi connectivity index (χ4v) is 2.72. The van der Waals surface area contributed by atoms with Gasteiger partial charge in [0.05, 0.1) is 0 Å². The van der Waals surface area contributed by atoms with E-state index in [0.29, 0.717) is 35.8 Å². The third-order valence-corrected chi connectivity index (χ3v) is 4.39. The van der Waals surface area contributed by atoms with E-state index in [1.54, 1.807) is 42.5 Å². The fraction of sp³-hybridized carbons (Fsp3) is 0.211. The van der Waals surface area contributed by atoms with Crippen LogP contribution in [0, 0.1) is 0 Å². The van der Waals surface area contributed by atoms with Crippen molar-refractivity contribution in [3.8, 4) is 11.5 Å². The van der Waals surface area contributed by atoms with Gasteiger partial charge in [-0.05, 0) is 30.3 Å². The minimum absolute atomic E-state index is 0.0314. The van der Waals surface area contributed by atoms with Gasteiger partial charge in [-0.3, -0.25) is 25.2 Å². The number of fused-ring (bicyclic) bond motifs is 1. The van der Waals surface area contributed by atoms with Crippen molar-refractivity contribution < 1.29 is 23.9 Å². The van der Waals surface area contributed by atoms with E-state index in [0.717, 1.165) is 4.47 Å². The number of carbonyl (C=O) groups excluding carboxylic acids is 3. The van der Waals surface area contributed by atoms with Gasteiger partial charge in [-0.15, -0.1) is 0 Å². The van der Waals surface area contributed by atoms with Gasteiger partial charge >= 0.3 is 0 Å². The molecule has 1 heterocycles. The average molecular weight is 433 g/mol. The minimum Gasteiger partial charge on any atom is -0.486 e. The molecule has 0 saturated heterocycles. The maximum atomic E-state index is 12.1. The molecule has 0 saturated carbocycles. The van der Waals surface area contributed by atoms with Crippen molar-refractivity contribution in [1.29, 1.82) is 0 Å². The molecule has 0 aromatic heterocycles. The molecule has 1 aliphatic heterocycles. The van der Waals surface area contributed by atoms with Crippen molar-refractivity contribution in [2.24, 2.45) is 0 Å². The van der Waals surface area contributed by atoms with E-state index < -0.39 is 11.8 Å². The highest BCUT2D eigenvalue weighted by Crippen LogP contribution is 2.30. The number of halogens is 1. The molecule has 8 heteroatoms. The Morgan fingerprint density at radius 2 is 1.52 bits per heavy atom. The van der Waals surface area contributed by atoms with Gasteiger partial charge < -0.3 is 9.47 Å². The van der Waals surface area contributed by atoms with Crippen molar-refractivity contribution in [3.63, 3.8) is 0 Å². The summed E-state index contributed by atoms with van der Waals surface area (Å²) in [4.78, 5) is 36.1. The second kappa shape index (κ2) is 8.68. The van der Waals surface area contributed by atoms with Crippen LogP contribution in [-0.2, 0) is 4.79 Å². The van der Waals surface area contributed by atoms with E-state index in [-0.39, 0.29) is 18.6 Å². The molecule has 1 aliphatic rings. The molecule has 2 N–H and O–H groups in total. The van der Waals surface area contributed by atoms with Crippen LogP contribution < -0.4 is 20.3 Å². The standard InChI is InChI=1S/C19H17BrN2O5/c20-14-4-1-12(2-5-14)15(23)6-8-18(24)21-22-19(25)13-3-7-16-17(11-13)27-10-9-26-16/h1-5,7,11H,6,8-10H2,(H,21,24)(H,22,25). The molecule has 0 aliphatic carbocycles. The molecule has 2 aromatic carbocycles.